The van der Waals surface area contributed by atoms with Gasteiger partial charge in [-0.1, -0.05) is 17.7 Å². The maximum absolute atomic E-state index is 12.9. The molecule has 0 unspecified atom stereocenters. The molecule has 2 aromatic carbocycles. The number of carbonyl (C=O) groups is 4. The molecule has 0 aliphatic carbocycles. The van der Waals surface area contributed by atoms with Gasteiger partial charge < -0.3 is 15.0 Å². The molecular weight excluding hydrogens is 490 g/mol. The first-order valence-corrected chi connectivity index (χ1v) is 12.2. The van der Waals surface area contributed by atoms with Crippen molar-refractivity contribution in [2.45, 2.75) is 19.8 Å². The molecule has 35 heavy (non-hydrogen) atoms. The lowest BCUT2D eigenvalue weighted by Gasteiger charge is -2.18. The molecule has 2 aliphatic rings. The van der Waals surface area contributed by atoms with Gasteiger partial charge >= 0.3 is 5.97 Å². The van der Waals surface area contributed by atoms with Crippen molar-refractivity contribution in [2.24, 2.45) is 0 Å². The van der Waals surface area contributed by atoms with Gasteiger partial charge in [0.05, 0.1) is 22.6 Å². The first-order valence-electron chi connectivity index (χ1n) is 11.1. The standard InChI is InChI=1S/C25H24ClN3O5S/c1-15-11-18(28-9-3-4-10-28)7-5-16(15)12-21-23(31)29(25(33)35-21)14-22(30)27-17-6-8-20(26)19(13-17)24(32)34-2/h5-8,11-13H,3-4,9-10,14H2,1-2H3,(H,27,30)/b21-12+. The lowest BCUT2D eigenvalue weighted by atomic mass is 10.1. The summed E-state index contributed by atoms with van der Waals surface area (Å²) in [7, 11) is 1.22. The monoisotopic (exact) mass is 513 g/mol. The van der Waals surface area contributed by atoms with E-state index in [-0.39, 0.29) is 21.2 Å². The van der Waals surface area contributed by atoms with E-state index in [4.69, 9.17) is 11.6 Å². The number of hydrogen-bond acceptors (Lipinski definition) is 7. The Bertz CT molecular complexity index is 1240. The fourth-order valence-electron chi connectivity index (χ4n) is 3.98. The average Bonchev–Trinajstić information content (AvgIpc) is 3.46. The minimum Gasteiger partial charge on any atom is -0.465 e. The number of aryl methyl sites for hydroxylation is 1. The van der Waals surface area contributed by atoms with E-state index >= 15 is 0 Å². The van der Waals surface area contributed by atoms with Crippen molar-refractivity contribution in [3.05, 3.63) is 63.0 Å². The van der Waals surface area contributed by atoms with E-state index < -0.39 is 29.6 Å². The Morgan fingerprint density at radius 1 is 1.14 bits per heavy atom. The molecule has 3 amide bonds. The first kappa shape index (κ1) is 24.8. The molecule has 0 bridgehead atoms. The SMILES string of the molecule is COC(=O)c1cc(NC(=O)CN2C(=O)S/C(=C/c3ccc(N4CCCC4)cc3C)C2=O)ccc1Cl. The molecular formula is C25H24ClN3O5S. The molecule has 2 heterocycles. The molecule has 0 saturated carbocycles. The molecule has 2 aromatic rings. The van der Waals surface area contributed by atoms with Crippen LogP contribution in [0.4, 0.5) is 16.2 Å². The van der Waals surface area contributed by atoms with E-state index in [1.54, 1.807) is 6.08 Å². The van der Waals surface area contributed by atoms with Crippen LogP contribution < -0.4 is 10.2 Å². The van der Waals surface area contributed by atoms with Gasteiger partial charge in [0.25, 0.3) is 11.1 Å². The van der Waals surface area contributed by atoms with Crippen LogP contribution in [-0.2, 0) is 14.3 Å². The Labute approximate surface area is 212 Å². The molecule has 4 rings (SSSR count). The number of nitrogens with zero attached hydrogens (tertiary/aromatic N) is 2. The summed E-state index contributed by atoms with van der Waals surface area (Å²) in [4.78, 5) is 53.2. The molecule has 0 spiro atoms. The maximum Gasteiger partial charge on any atom is 0.339 e. The van der Waals surface area contributed by atoms with Crippen molar-refractivity contribution in [3.8, 4) is 0 Å². The van der Waals surface area contributed by atoms with Gasteiger partial charge in [-0.2, -0.15) is 0 Å². The van der Waals surface area contributed by atoms with Gasteiger partial charge in [0.15, 0.2) is 0 Å². The summed E-state index contributed by atoms with van der Waals surface area (Å²) in [6, 6.07) is 10.4. The molecule has 0 radical (unpaired) electrons. The first-order chi connectivity index (χ1) is 16.8. The Balaban J connectivity index is 1.44. The van der Waals surface area contributed by atoms with Crippen molar-refractivity contribution in [1.29, 1.82) is 0 Å². The van der Waals surface area contributed by atoms with Crippen LogP contribution in [0, 0.1) is 6.92 Å². The summed E-state index contributed by atoms with van der Waals surface area (Å²) in [6.45, 7) is 3.60. The topological polar surface area (TPSA) is 96.0 Å². The van der Waals surface area contributed by atoms with Crippen LogP contribution in [0.2, 0.25) is 5.02 Å². The van der Waals surface area contributed by atoms with Crippen LogP contribution >= 0.6 is 23.4 Å². The highest BCUT2D eigenvalue weighted by Crippen LogP contribution is 2.33. The van der Waals surface area contributed by atoms with Crippen LogP contribution in [0.1, 0.15) is 34.3 Å². The lowest BCUT2D eigenvalue weighted by Crippen LogP contribution is -2.36. The van der Waals surface area contributed by atoms with Crippen molar-refractivity contribution in [3.63, 3.8) is 0 Å². The third-order valence-electron chi connectivity index (χ3n) is 5.84. The molecule has 182 valence electrons. The summed E-state index contributed by atoms with van der Waals surface area (Å²) in [5.41, 5.74) is 3.38. The largest absolute Gasteiger partial charge is 0.465 e. The number of methoxy groups -OCH3 is 1. The number of thioether (sulfide) groups is 1. The fourth-order valence-corrected chi connectivity index (χ4v) is 5.01. The number of anilines is 2. The van der Waals surface area contributed by atoms with Gasteiger partial charge in [-0.25, -0.2) is 4.79 Å². The van der Waals surface area contributed by atoms with Crippen LogP contribution in [0.25, 0.3) is 6.08 Å². The number of hydrogen-bond donors (Lipinski definition) is 1. The number of nitrogens with one attached hydrogen (secondary N) is 1. The van der Waals surface area contributed by atoms with E-state index in [9.17, 15) is 19.2 Å². The molecule has 0 atom stereocenters. The zero-order valence-electron chi connectivity index (χ0n) is 19.3. The summed E-state index contributed by atoms with van der Waals surface area (Å²) < 4.78 is 4.67. The normalized spacial score (nSPS) is 16.8. The van der Waals surface area contributed by atoms with Gasteiger partial charge in [0, 0.05) is 24.5 Å². The molecule has 2 fully saturated rings. The molecule has 1 N–H and O–H groups in total. The zero-order chi connectivity index (χ0) is 25.1. The number of amides is 3. The van der Waals surface area contributed by atoms with E-state index in [1.807, 2.05) is 19.1 Å². The smallest absolute Gasteiger partial charge is 0.339 e. The summed E-state index contributed by atoms with van der Waals surface area (Å²) in [6.07, 6.45) is 4.06. The van der Waals surface area contributed by atoms with Crippen molar-refractivity contribution < 1.29 is 23.9 Å². The summed E-state index contributed by atoms with van der Waals surface area (Å²) in [5.74, 6) is -1.76. The minimum absolute atomic E-state index is 0.0900. The van der Waals surface area contributed by atoms with Crippen molar-refractivity contribution >= 4 is 63.8 Å². The predicted octanol–water partition coefficient (Wildman–Crippen LogP) is 4.71. The quantitative estimate of drug-likeness (QED) is 0.441. The Morgan fingerprint density at radius 3 is 2.57 bits per heavy atom. The molecule has 0 aromatic heterocycles. The summed E-state index contributed by atoms with van der Waals surface area (Å²) >= 11 is 6.80. The third-order valence-corrected chi connectivity index (χ3v) is 7.08. The minimum atomic E-state index is -0.647. The lowest BCUT2D eigenvalue weighted by molar-refractivity contribution is -0.127. The number of rotatable bonds is 6. The van der Waals surface area contributed by atoms with Gasteiger partial charge in [0.2, 0.25) is 5.91 Å². The maximum atomic E-state index is 12.9. The Morgan fingerprint density at radius 2 is 1.89 bits per heavy atom. The number of imide groups is 1. The number of carbonyl (C=O) groups excluding carboxylic acids is 4. The van der Waals surface area contributed by atoms with E-state index in [0.717, 1.165) is 46.6 Å². The second-order valence-corrected chi connectivity index (χ2v) is 9.64. The van der Waals surface area contributed by atoms with E-state index in [2.05, 4.69) is 21.0 Å². The van der Waals surface area contributed by atoms with Crippen LogP contribution in [-0.4, -0.2) is 54.7 Å². The molecule has 10 heteroatoms. The number of halogens is 1. The third kappa shape index (κ3) is 5.52. The highest BCUT2D eigenvalue weighted by molar-refractivity contribution is 8.18. The number of ether oxygens (including phenoxy) is 1. The van der Waals surface area contributed by atoms with Crippen LogP contribution in [0.15, 0.2) is 41.3 Å². The predicted molar refractivity (Wildman–Crippen MR) is 137 cm³/mol. The van der Waals surface area contributed by atoms with Crippen molar-refractivity contribution in [1.82, 2.24) is 4.90 Å². The van der Waals surface area contributed by atoms with Crippen molar-refractivity contribution in [2.75, 3.05) is 37.0 Å². The van der Waals surface area contributed by atoms with Crippen LogP contribution in [0.3, 0.4) is 0 Å². The molecule has 2 aliphatic heterocycles. The van der Waals surface area contributed by atoms with Gasteiger partial charge in [-0.3, -0.25) is 19.3 Å². The zero-order valence-corrected chi connectivity index (χ0v) is 20.9. The Hall–Kier alpha value is -3.30. The van der Waals surface area contributed by atoms with Gasteiger partial charge in [-0.15, -0.1) is 0 Å². The van der Waals surface area contributed by atoms with Crippen LogP contribution in [0.5, 0.6) is 0 Å². The summed E-state index contributed by atoms with van der Waals surface area (Å²) in [5, 5.41) is 2.23. The second kappa shape index (κ2) is 10.5. The van der Waals surface area contributed by atoms with E-state index in [1.165, 1.54) is 38.2 Å². The molecule has 2 saturated heterocycles. The molecule has 8 nitrogen and oxygen atoms in total. The highest BCUT2D eigenvalue weighted by atomic mass is 35.5. The Kier molecular flexibility index (Phi) is 7.47. The van der Waals surface area contributed by atoms with Gasteiger partial charge in [-0.05, 0) is 79.1 Å². The highest BCUT2D eigenvalue weighted by Gasteiger charge is 2.36. The number of esters is 1. The average molecular weight is 514 g/mol. The second-order valence-electron chi connectivity index (χ2n) is 8.24. The number of benzene rings is 2. The van der Waals surface area contributed by atoms with E-state index in [0.29, 0.717) is 0 Å². The fraction of sp³-hybridized carbons (Fsp3) is 0.280. The van der Waals surface area contributed by atoms with Gasteiger partial charge in [0.1, 0.15) is 6.54 Å².